The number of carboxylic acid groups (broad SMARTS) is 1. The van der Waals surface area contributed by atoms with Crippen molar-refractivity contribution in [2.75, 3.05) is 6.54 Å². The molecule has 5 heteroatoms. The van der Waals surface area contributed by atoms with Crippen LogP contribution in [-0.2, 0) is 9.63 Å². The number of aliphatic hydroxyl groups excluding tert-OH is 1. The maximum Gasteiger partial charge on any atom is 0.306 e. The number of aliphatic carboxylic acids is 1. The van der Waals surface area contributed by atoms with Gasteiger partial charge in [-0.1, -0.05) is 12.8 Å². The Morgan fingerprint density at radius 1 is 1.50 bits per heavy atom. The van der Waals surface area contributed by atoms with Crippen LogP contribution in [0.4, 0.5) is 0 Å². The van der Waals surface area contributed by atoms with E-state index in [1.165, 1.54) is 12.8 Å². The Kier molecular flexibility index (Phi) is 4.86. The number of carboxylic acids is 1. The Labute approximate surface area is 83.0 Å². The highest BCUT2D eigenvalue weighted by molar-refractivity contribution is 5.67. The predicted molar refractivity (Wildman–Crippen MR) is 49.6 cm³/mol. The number of hydroxylamine groups is 1. The molecule has 0 aromatic heterocycles. The van der Waals surface area contributed by atoms with Gasteiger partial charge >= 0.3 is 5.97 Å². The van der Waals surface area contributed by atoms with E-state index in [4.69, 9.17) is 9.94 Å². The van der Waals surface area contributed by atoms with Crippen molar-refractivity contribution in [3.05, 3.63) is 0 Å². The van der Waals surface area contributed by atoms with E-state index in [1.54, 1.807) is 0 Å². The Morgan fingerprint density at radius 3 is 2.71 bits per heavy atom. The summed E-state index contributed by atoms with van der Waals surface area (Å²) in [6.45, 7) is 0.169. The summed E-state index contributed by atoms with van der Waals surface area (Å²) in [5.41, 5.74) is 2.62. The second kappa shape index (κ2) is 5.95. The minimum atomic E-state index is -1.000. The third-order valence-corrected chi connectivity index (χ3v) is 2.28. The molecule has 1 aliphatic carbocycles. The lowest BCUT2D eigenvalue weighted by Gasteiger charge is -2.13. The number of carbonyl (C=O) groups is 1. The molecule has 0 aliphatic heterocycles. The molecule has 14 heavy (non-hydrogen) atoms. The van der Waals surface area contributed by atoms with Crippen molar-refractivity contribution in [1.29, 1.82) is 0 Å². The van der Waals surface area contributed by atoms with Crippen LogP contribution in [0.5, 0.6) is 0 Å². The molecule has 0 spiro atoms. The standard InChI is InChI=1S/C9H17NO4/c11-7(5-9(12)13)6-10-14-8-3-1-2-4-8/h7-8,10-11H,1-6H2,(H,12,13). The summed E-state index contributed by atoms with van der Waals surface area (Å²) < 4.78 is 0. The van der Waals surface area contributed by atoms with E-state index >= 15 is 0 Å². The van der Waals surface area contributed by atoms with Gasteiger partial charge in [0.2, 0.25) is 0 Å². The van der Waals surface area contributed by atoms with Gasteiger partial charge in [-0.3, -0.25) is 9.63 Å². The molecule has 0 bridgehead atoms. The van der Waals surface area contributed by atoms with Gasteiger partial charge in [0.25, 0.3) is 0 Å². The molecular weight excluding hydrogens is 186 g/mol. The van der Waals surface area contributed by atoms with E-state index in [0.717, 1.165) is 12.8 Å². The molecule has 1 saturated carbocycles. The van der Waals surface area contributed by atoms with Gasteiger partial charge in [0.15, 0.2) is 0 Å². The molecule has 0 aromatic carbocycles. The summed E-state index contributed by atoms with van der Waals surface area (Å²) in [6, 6.07) is 0. The van der Waals surface area contributed by atoms with Crippen molar-refractivity contribution >= 4 is 5.97 Å². The summed E-state index contributed by atoms with van der Waals surface area (Å²) in [6.07, 6.45) is 3.56. The van der Waals surface area contributed by atoms with Gasteiger partial charge in [0.1, 0.15) is 0 Å². The molecule has 0 amide bonds. The highest BCUT2D eigenvalue weighted by Gasteiger charge is 2.16. The third kappa shape index (κ3) is 4.55. The van der Waals surface area contributed by atoms with Crippen LogP contribution in [-0.4, -0.2) is 34.9 Å². The molecule has 1 atom stereocenters. The zero-order chi connectivity index (χ0) is 10.4. The van der Waals surface area contributed by atoms with Gasteiger partial charge in [-0.25, -0.2) is 0 Å². The van der Waals surface area contributed by atoms with Crippen molar-refractivity contribution in [3.63, 3.8) is 0 Å². The smallest absolute Gasteiger partial charge is 0.306 e. The lowest BCUT2D eigenvalue weighted by atomic mass is 10.2. The van der Waals surface area contributed by atoms with Crippen molar-refractivity contribution in [1.82, 2.24) is 5.48 Å². The van der Waals surface area contributed by atoms with Crippen molar-refractivity contribution in [3.8, 4) is 0 Å². The Morgan fingerprint density at radius 2 is 2.14 bits per heavy atom. The Bertz CT molecular complexity index is 180. The van der Waals surface area contributed by atoms with Crippen LogP contribution in [0.1, 0.15) is 32.1 Å². The van der Waals surface area contributed by atoms with Crippen LogP contribution in [0.2, 0.25) is 0 Å². The fraction of sp³-hybridized carbons (Fsp3) is 0.889. The molecule has 0 saturated heterocycles. The largest absolute Gasteiger partial charge is 0.481 e. The zero-order valence-electron chi connectivity index (χ0n) is 8.11. The van der Waals surface area contributed by atoms with E-state index in [-0.39, 0.29) is 19.1 Å². The Balaban J connectivity index is 1.99. The molecule has 0 aromatic rings. The van der Waals surface area contributed by atoms with Crippen LogP contribution in [0.3, 0.4) is 0 Å². The summed E-state index contributed by atoms with van der Waals surface area (Å²) >= 11 is 0. The number of nitrogens with one attached hydrogen (secondary N) is 1. The molecule has 5 nitrogen and oxygen atoms in total. The third-order valence-electron chi connectivity index (χ3n) is 2.28. The van der Waals surface area contributed by atoms with Gasteiger partial charge in [-0.05, 0) is 12.8 Å². The summed E-state index contributed by atoms with van der Waals surface area (Å²) in [7, 11) is 0. The molecule has 0 radical (unpaired) electrons. The van der Waals surface area contributed by atoms with E-state index in [9.17, 15) is 9.90 Å². The van der Waals surface area contributed by atoms with Crippen molar-refractivity contribution in [2.45, 2.75) is 44.3 Å². The van der Waals surface area contributed by atoms with E-state index in [0.29, 0.717) is 0 Å². The average Bonchev–Trinajstić information content (AvgIpc) is 2.55. The summed E-state index contributed by atoms with van der Waals surface area (Å²) in [5.74, 6) is -1.000. The number of hydrogen-bond donors (Lipinski definition) is 3. The first-order chi connectivity index (χ1) is 6.68. The molecular formula is C9H17NO4. The van der Waals surface area contributed by atoms with Crippen LogP contribution in [0, 0.1) is 0 Å². The second-order valence-corrected chi connectivity index (χ2v) is 3.62. The zero-order valence-corrected chi connectivity index (χ0v) is 8.11. The fourth-order valence-corrected chi connectivity index (χ4v) is 1.54. The van der Waals surface area contributed by atoms with Crippen LogP contribution < -0.4 is 5.48 Å². The molecule has 0 heterocycles. The first-order valence-electron chi connectivity index (χ1n) is 4.97. The Hall–Kier alpha value is -0.650. The SMILES string of the molecule is O=C(O)CC(O)CNOC1CCCC1. The first-order valence-corrected chi connectivity index (χ1v) is 4.97. The molecule has 1 rings (SSSR count). The van der Waals surface area contributed by atoms with Crippen molar-refractivity contribution in [2.24, 2.45) is 0 Å². The maximum absolute atomic E-state index is 10.2. The fourth-order valence-electron chi connectivity index (χ4n) is 1.54. The quantitative estimate of drug-likeness (QED) is 0.541. The highest BCUT2D eigenvalue weighted by atomic mass is 16.7. The lowest BCUT2D eigenvalue weighted by molar-refractivity contribution is -0.139. The molecule has 82 valence electrons. The number of aliphatic hydroxyl groups is 1. The molecule has 1 fully saturated rings. The topological polar surface area (TPSA) is 78.8 Å². The van der Waals surface area contributed by atoms with Crippen LogP contribution >= 0.6 is 0 Å². The minimum Gasteiger partial charge on any atom is -0.481 e. The first kappa shape index (κ1) is 11.4. The van der Waals surface area contributed by atoms with Crippen LogP contribution in [0.15, 0.2) is 0 Å². The molecule has 1 aliphatic rings. The van der Waals surface area contributed by atoms with Gasteiger partial charge in [0.05, 0.1) is 18.6 Å². The molecule has 3 N–H and O–H groups in total. The van der Waals surface area contributed by atoms with E-state index in [2.05, 4.69) is 5.48 Å². The van der Waals surface area contributed by atoms with Gasteiger partial charge in [-0.2, -0.15) is 5.48 Å². The van der Waals surface area contributed by atoms with Gasteiger partial charge < -0.3 is 10.2 Å². The monoisotopic (exact) mass is 203 g/mol. The van der Waals surface area contributed by atoms with E-state index in [1.807, 2.05) is 0 Å². The van der Waals surface area contributed by atoms with Gasteiger partial charge in [0, 0.05) is 6.54 Å². The normalized spacial score (nSPS) is 19.8. The minimum absolute atomic E-state index is 0.169. The highest BCUT2D eigenvalue weighted by Crippen LogP contribution is 2.19. The second-order valence-electron chi connectivity index (χ2n) is 3.62. The van der Waals surface area contributed by atoms with E-state index < -0.39 is 12.1 Å². The molecule has 1 unspecified atom stereocenters. The van der Waals surface area contributed by atoms with Gasteiger partial charge in [-0.15, -0.1) is 0 Å². The number of hydrogen-bond acceptors (Lipinski definition) is 4. The number of rotatable bonds is 6. The summed E-state index contributed by atoms with van der Waals surface area (Å²) in [4.78, 5) is 15.5. The maximum atomic E-state index is 10.2. The summed E-state index contributed by atoms with van der Waals surface area (Å²) in [5, 5.41) is 17.5. The predicted octanol–water partition coefficient (Wildman–Crippen LogP) is 0.286. The van der Waals surface area contributed by atoms with Crippen LogP contribution in [0.25, 0.3) is 0 Å². The average molecular weight is 203 g/mol. The van der Waals surface area contributed by atoms with Crippen molar-refractivity contribution < 1.29 is 19.8 Å². The lowest BCUT2D eigenvalue weighted by Crippen LogP contribution is -2.31.